The van der Waals surface area contributed by atoms with Gasteiger partial charge in [-0.3, -0.25) is 4.79 Å². The number of rotatable bonds is 3. The molecule has 0 saturated carbocycles. The third-order valence-corrected chi connectivity index (χ3v) is 1.38. The van der Waals surface area contributed by atoms with E-state index in [0.717, 1.165) is 0 Å². The van der Waals surface area contributed by atoms with Crippen LogP contribution in [-0.2, 0) is 11.2 Å². The van der Waals surface area contributed by atoms with E-state index in [4.69, 9.17) is 4.42 Å². The molecule has 4 heteroatoms. The number of oxazole rings is 1. The fraction of sp³-hybridized carbons (Fsp3) is 0.500. The Labute approximate surface area is 71.0 Å². The second-order valence-corrected chi connectivity index (χ2v) is 2.48. The van der Waals surface area contributed by atoms with E-state index in [1.54, 1.807) is 13.1 Å². The topological polar surface area (TPSA) is 55.1 Å². The molecule has 0 aliphatic carbocycles. The Morgan fingerprint density at radius 2 is 2.50 bits per heavy atom. The van der Waals surface area contributed by atoms with E-state index in [-0.39, 0.29) is 12.3 Å². The molecule has 12 heavy (non-hydrogen) atoms. The van der Waals surface area contributed by atoms with Gasteiger partial charge in [0.1, 0.15) is 5.76 Å². The Morgan fingerprint density at radius 1 is 1.75 bits per heavy atom. The van der Waals surface area contributed by atoms with E-state index in [2.05, 4.69) is 10.3 Å². The van der Waals surface area contributed by atoms with Crippen LogP contribution in [0.5, 0.6) is 0 Å². The molecular formula is C8H12N2O2. The summed E-state index contributed by atoms with van der Waals surface area (Å²) in [4.78, 5) is 14.9. The van der Waals surface area contributed by atoms with Crippen LogP contribution in [0.4, 0.5) is 0 Å². The van der Waals surface area contributed by atoms with E-state index in [0.29, 0.717) is 18.2 Å². The summed E-state index contributed by atoms with van der Waals surface area (Å²) in [5.74, 6) is 1.17. The second kappa shape index (κ2) is 3.90. The Balaban J connectivity index is 2.46. The van der Waals surface area contributed by atoms with Crippen molar-refractivity contribution in [2.75, 3.05) is 6.54 Å². The Kier molecular flexibility index (Phi) is 2.85. The van der Waals surface area contributed by atoms with Gasteiger partial charge in [-0.05, 0) is 6.92 Å². The van der Waals surface area contributed by atoms with Crippen molar-refractivity contribution in [2.24, 2.45) is 0 Å². The number of hydrogen-bond acceptors (Lipinski definition) is 3. The van der Waals surface area contributed by atoms with Gasteiger partial charge in [-0.25, -0.2) is 4.98 Å². The lowest BCUT2D eigenvalue weighted by Gasteiger charge is -1.97. The number of nitrogens with zero attached hydrogens (tertiary/aromatic N) is 1. The second-order valence-electron chi connectivity index (χ2n) is 2.48. The molecule has 0 aromatic carbocycles. The maximum absolute atomic E-state index is 11.0. The van der Waals surface area contributed by atoms with Gasteiger partial charge in [0.05, 0.1) is 12.6 Å². The predicted molar refractivity (Wildman–Crippen MR) is 43.6 cm³/mol. The van der Waals surface area contributed by atoms with Crippen molar-refractivity contribution in [2.45, 2.75) is 20.3 Å². The van der Waals surface area contributed by atoms with Crippen LogP contribution in [-0.4, -0.2) is 17.4 Å². The summed E-state index contributed by atoms with van der Waals surface area (Å²) >= 11 is 0. The molecule has 0 radical (unpaired) electrons. The Hall–Kier alpha value is -1.32. The third-order valence-electron chi connectivity index (χ3n) is 1.38. The van der Waals surface area contributed by atoms with E-state index < -0.39 is 0 Å². The predicted octanol–water partition coefficient (Wildman–Crippen LogP) is 0.662. The van der Waals surface area contributed by atoms with E-state index in [9.17, 15) is 4.79 Å². The molecule has 66 valence electrons. The highest BCUT2D eigenvalue weighted by Crippen LogP contribution is 2.02. The molecule has 1 rings (SSSR count). The zero-order valence-corrected chi connectivity index (χ0v) is 7.26. The van der Waals surface area contributed by atoms with Gasteiger partial charge in [0, 0.05) is 13.5 Å². The van der Waals surface area contributed by atoms with Crippen LogP contribution in [0.3, 0.4) is 0 Å². The molecule has 0 spiro atoms. The number of carbonyl (C=O) groups excluding carboxylic acids is 1. The normalized spacial score (nSPS) is 9.83. The number of carbonyl (C=O) groups is 1. The minimum Gasteiger partial charge on any atom is -0.446 e. The number of nitrogens with one attached hydrogen (secondary N) is 1. The first-order valence-electron chi connectivity index (χ1n) is 3.90. The quantitative estimate of drug-likeness (QED) is 0.721. The maximum Gasteiger partial charge on any atom is 0.227 e. The van der Waals surface area contributed by atoms with Crippen molar-refractivity contribution in [1.29, 1.82) is 0 Å². The molecule has 1 aromatic heterocycles. The van der Waals surface area contributed by atoms with Crippen molar-refractivity contribution >= 4 is 5.91 Å². The summed E-state index contributed by atoms with van der Waals surface area (Å²) in [7, 11) is 0. The van der Waals surface area contributed by atoms with E-state index >= 15 is 0 Å². The first kappa shape index (κ1) is 8.77. The molecule has 0 bridgehead atoms. The molecule has 0 aliphatic rings. The van der Waals surface area contributed by atoms with Crippen LogP contribution in [0, 0.1) is 6.92 Å². The fourth-order valence-corrected chi connectivity index (χ4v) is 0.905. The number of amides is 1. The lowest BCUT2D eigenvalue weighted by Crippen LogP contribution is -2.24. The number of aromatic nitrogens is 1. The van der Waals surface area contributed by atoms with Gasteiger partial charge in [-0.1, -0.05) is 0 Å². The fourth-order valence-electron chi connectivity index (χ4n) is 0.905. The highest BCUT2D eigenvalue weighted by molar-refractivity contribution is 5.77. The molecule has 1 aromatic rings. The summed E-state index contributed by atoms with van der Waals surface area (Å²) < 4.78 is 5.13. The van der Waals surface area contributed by atoms with Crippen LogP contribution < -0.4 is 5.32 Å². The summed E-state index contributed by atoms with van der Waals surface area (Å²) in [6, 6.07) is 0. The van der Waals surface area contributed by atoms with Gasteiger partial charge < -0.3 is 9.73 Å². The molecule has 4 nitrogen and oxygen atoms in total. The van der Waals surface area contributed by atoms with Gasteiger partial charge in [0.15, 0.2) is 5.89 Å². The zero-order valence-electron chi connectivity index (χ0n) is 7.26. The van der Waals surface area contributed by atoms with Crippen molar-refractivity contribution in [3.63, 3.8) is 0 Å². The van der Waals surface area contributed by atoms with Gasteiger partial charge in [-0.2, -0.15) is 0 Å². The minimum atomic E-state index is -0.0337. The summed E-state index contributed by atoms with van der Waals surface area (Å²) in [6.07, 6.45) is 1.85. The summed E-state index contributed by atoms with van der Waals surface area (Å²) in [5, 5.41) is 2.68. The largest absolute Gasteiger partial charge is 0.446 e. The van der Waals surface area contributed by atoms with Crippen LogP contribution in [0.1, 0.15) is 18.6 Å². The number of hydrogen-bond donors (Lipinski definition) is 1. The number of aryl methyl sites for hydroxylation is 1. The molecule has 1 N–H and O–H groups in total. The lowest BCUT2D eigenvalue weighted by atomic mass is 10.3. The lowest BCUT2D eigenvalue weighted by molar-refractivity contribution is -0.120. The first-order valence-corrected chi connectivity index (χ1v) is 3.90. The zero-order chi connectivity index (χ0) is 8.97. The van der Waals surface area contributed by atoms with Crippen LogP contribution in [0.2, 0.25) is 0 Å². The SMILES string of the molecule is CCNC(=O)Cc1cnc(C)o1. The van der Waals surface area contributed by atoms with Gasteiger partial charge in [0.25, 0.3) is 0 Å². The van der Waals surface area contributed by atoms with E-state index in [1.165, 1.54) is 0 Å². The van der Waals surface area contributed by atoms with Crippen molar-refractivity contribution in [3.8, 4) is 0 Å². The van der Waals surface area contributed by atoms with Gasteiger partial charge in [0.2, 0.25) is 5.91 Å². The highest BCUT2D eigenvalue weighted by Gasteiger charge is 2.05. The minimum absolute atomic E-state index is 0.0337. The van der Waals surface area contributed by atoms with Crippen LogP contribution >= 0.6 is 0 Å². The molecule has 0 aliphatic heterocycles. The molecule has 0 unspecified atom stereocenters. The van der Waals surface area contributed by atoms with E-state index in [1.807, 2.05) is 6.92 Å². The Morgan fingerprint density at radius 3 is 3.00 bits per heavy atom. The van der Waals surface area contributed by atoms with Gasteiger partial charge in [-0.15, -0.1) is 0 Å². The summed E-state index contributed by atoms with van der Waals surface area (Å²) in [6.45, 7) is 4.27. The first-order chi connectivity index (χ1) is 5.72. The molecule has 0 atom stereocenters. The average Bonchev–Trinajstić information content (AvgIpc) is 2.36. The monoisotopic (exact) mass is 168 g/mol. The average molecular weight is 168 g/mol. The van der Waals surface area contributed by atoms with Crippen molar-refractivity contribution in [1.82, 2.24) is 10.3 Å². The maximum atomic E-state index is 11.0. The van der Waals surface area contributed by atoms with Crippen molar-refractivity contribution < 1.29 is 9.21 Å². The van der Waals surface area contributed by atoms with Gasteiger partial charge >= 0.3 is 0 Å². The smallest absolute Gasteiger partial charge is 0.227 e. The Bertz CT molecular complexity index is 268. The highest BCUT2D eigenvalue weighted by atomic mass is 16.4. The molecule has 0 fully saturated rings. The van der Waals surface area contributed by atoms with Crippen LogP contribution in [0.15, 0.2) is 10.6 Å². The molecule has 0 saturated heterocycles. The molecule has 1 amide bonds. The summed E-state index contributed by atoms with van der Waals surface area (Å²) in [5.41, 5.74) is 0. The standard InChI is InChI=1S/C8H12N2O2/c1-3-9-8(11)4-7-5-10-6(2)12-7/h5H,3-4H2,1-2H3,(H,9,11). The van der Waals surface area contributed by atoms with Crippen LogP contribution in [0.25, 0.3) is 0 Å². The molecule has 1 heterocycles. The number of likely N-dealkylation sites (N-methyl/N-ethyl adjacent to an activating group) is 1. The van der Waals surface area contributed by atoms with Crippen molar-refractivity contribution in [3.05, 3.63) is 17.8 Å². The third kappa shape index (κ3) is 2.38. The molecular weight excluding hydrogens is 156 g/mol.